The molecule has 0 heterocycles. The molecule has 29 heavy (non-hydrogen) atoms. The zero-order chi connectivity index (χ0) is 20.9. The molecule has 0 atom stereocenters. The molecular weight excluding hydrogens is 368 g/mol. The average Bonchev–Trinajstić information content (AvgIpc) is 2.75. The fourth-order valence-electron chi connectivity index (χ4n) is 3.84. The van der Waals surface area contributed by atoms with Crippen LogP contribution in [0.15, 0.2) is 48.5 Å². The summed E-state index contributed by atoms with van der Waals surface area (Å²) in [6, 6.07) is 14.8. The SMILES string of the molecule is CCCCCCCCCCCc1ccc(C=CC(=S)c2ccccc2)c(C)c1C. The third-order valence-corrected chi connectivity index (χ3v) is 6.34. The van der Waals surface area contributed by atoms with E-state index in [4.69, 9.17) is 12.2 Å². The summed E-state index contributed by atoms with van der Waals surface area (Å²) < 4.78 is 0. The number of rotatable bonds is 13. The summed E-state index contributed by atoms with van der Waals surface area (Å²) in [5.41, 5.74) is 6.71. The van der Waals surface area contributed by atoms with E-state index >= 15 is 0 Å². The molecule has 0 saturated heterocycles. The highest BCUT2D eigenvalue weighted by molar-refractivity contribution is 7.81. The quantitative estimate of drug-likeness (QED) is 0.139. The van der Waals surface area contributed by atoms with Crippen molar-refractivity contribution in [3.8, 4) is 0 Å². The summed E-state index contributed by atoms with van der Waals surface area (Å²) in [6.07, 6.45) is 17.9. The highest BCUT2D eigenvalue weighted by Crippen LogP contribution is 2.22. The van der Waals surface area contributed by atoms with Gasteiger partial charge in [0.15, 0.2) is 0 Å². The van der Waals surface area contributed by atoms with Gasteiger partial charge in [-0.05, 0) is 60.6 Å². The Bertz CT molecular complexity index is 770. The fraction of sp³-hybridized carbons (Fsp3) is 0.464. The molecule has 1 heteroatoms. The van der Waals surface area contributed by atoms with Crippen LogP contribution in [0.4, 0.5) is 0 Å². The van der Waals surface area contributed by atoms with E-state index in [0.717, 1.165) is 10.4 Å². The molecule has 0 saturated carbocycles. The van der Waals surface area contributed by atoms with Crippen molar-refractivity contribution in [1.82, 2.24) is 0 Å². The molecular formula is C28H38S. The van der Waals surface area contributed by atoms with Gasteiger partial charge in [0, 0.05) is 4.86 Å². The van der Waals surface area contributed by atoms with Crippen molar-refractivity contribution >= 4 is 23.2 Å². The lowest BCUT2D eigenvalue weighted by molar-refractivity contribution is 0.564. The maximum Gasteiger partial charge on any atom is 0.0449 e. The van der Waals surface area contributed by atoms with Crippen molar-refractivity contribution in [1.29, 1.82) is 0 Å². The summed E-state index contributed by atoms with van der Waals surface area (Å²) in [5, 5.41) is 0. The minimum atomic E-state index is 0.890. The van der Waals surface area contributed by atoms with E-state index in [9.17, 15) is 0 Å². The minimum Gasteiger partial charge on any atom is -0.0795 e. The summed E-state index contributed by atoms with van der Waals surface area (Å²) in [5.74, 6) is 0. The Labute approximate surface area is 184 Å². The zero-order valence-corrected chi connectivity index (χ0v) is 19.5. The van der Waals surface area contributed by atoms with Gasteiger partial charge in [-0.15, -0.1) is 0 Å². The molecule has 0 aliphatic rings. The van der Waals surface area contributed by atoms with Crippen LogP contribution in [0, 0.1) is 13.8 Å². The molecule has 0 aliphatic carbocycles. The van der Waals surface area contributed by atoms with Crippen LogP contribution in [0.2, 0.25) is 0 Å². The number of allylic oxidation sites excluding steroid dienone is 1. The number of hydrogen-bond donors (Lipinski definition) is 0. The molecule has 0 spiro atoms. The summed E-state index contributed by atoms with van der Waals surface area (Å²) in [6.45, 7) is 6.79. The standard InChI is InChI=1S/C28H38S/c1-4-5-6-7-8-9-10-11-13-16-25-19-20-26(24(3)23(25)2)21-22-28(29)27-17-14-12-15-18-27/h12,14-15,17-22H,4-11,13,16H2,1-3H3. The Morgan fingerprint density at radius 2 is 1.38 bits per heavy atom. The minimum absolute atomic E-state index is 0.890. The Balaban J connectivity index is 1.80. The van der Waals surface area contributed by atoms with Gasteiger partial charge in [-0.1, -0.05) is 119 Å². The lowest BCUT2D eigenvalue weighted by atomic mass is 9.94. The zero-order valence-electron chi connectivity index (χ0n) is 18.7. The van der Waals surface area contributed by atoms with Crippen molar-refractivity contribution in [2.24, 2.45) is 0 Å². The largest absolute Gasteiger partial charge is 0.0795 e. The molecule has 0 radical (unpaired) electrons. The molecule has 156 valence electrons. The highest BCUT2D eigenvalue weighted by atomic mass is 32.1. The van der Waals surface area contributed by atoms with Crippen LogP contribution in [0.25, 0.3) is 6.08 Å². The molecule has 0 nitrogen and oxygen atoms in total. The van der Waals surface area contributed by atoms with Crippen molar-refractivity contribution < 1.29 is 0 Å². The van der Waals surface area contributed by atoms with E-state index in [-0.39, 0.29) is 0 Å². The molecule has 0 N–H and O–H groups in total. The molecule has 0 amide bonds. The first-order valence-corrected chi connectivity index (χ1v) is 11.9. The monoisotopic (exact) mass is 406 g/mol. The second kappa shape index (κ2) is 13.5. The van der Waals surface area contributed by atoms with Crippen molar-refractivity contribution in [2.75, 3.05) is 0 Å². The lowest BCUT2D eigenvalue weighted by Crippen LogP contribution is -1.96. The number of unbranched alkanes of at least 4 members (excludes halogenated alkanes) is 8. The van der Waals surface area contributed by atoms with E-state index in [0.29, 0.717) is 0 Å². The third kappa shape index (κ3) is 8.26. The first-order valence-electron chi connectivity index (χ1n) is 11.5. The fourth-order valence-corrected chi connectivity index (χ4v) is 4.04. The van der Waals surface area contributed by atoms with Gasteiger partial charge >= 0.3 is 0 Å². The maximum atomic E-state index is 5.56. The molecule has 0 aliphatic heterocycles. The Morgan fingerprint density at radius 3 is 2.03 bits per heavy atom. The number of hydrogen-bond acceptors (Lipinski definition) is 1. The van der Waals surface area contributed by atoms with Crippen LogP contribution >= 0.6 is 12.2 Å². The second-order valence-corrected chi connectivity index (χ2v) is 8.65. The number of aryl methyl sites for hydroxylation is 1. The number of benzene rings is 2. The lowest BCUT2D eigenvalue weighted by Gasteiger charge is -2.12. The van der Waals surface area contributed by atoms with E-state index in [2.05, 4.69) is 57.2 Å². The van der Waals surface area contributed by atoms with Crippen molar-refractivity contribution in [3.63, 3.8) is 0 Å². The summed E-state index contributed by atoms with van der Waals surface area (Å²) in [7, 11) is 0. The first kappa shape index (κ1) is 23.5. The van der Waals surface area contributed by atoms with Gasteiger partial charge in [0.1, 0.15) is 0 Å². The second-order valence-electron chi connectivity index (χ2n) is 8.21. The normalized spacial score (nSPS) is 11.3. The number of thiocarbonyl (C=S) groups is 1. The van der Waals surface area contributed by atoms with E-state index in [1.165, 1.54) is 86.5 Å². The van der Waals surface area contributed by atoms with E-state index in [1.54, 1.807) is 0 Å². The van der Waals surface area contributed by atoms with Gasteiger partial charge in [0.05, 0.1) is 0 Å². The smallest absolute Gasteiger partial charge is 0.0449 e. The summed E-state index contributed by atoms with van der Waals surface area (Å²) in [4.78, 5) is 0.890. The predicted octanol–water partition coefficient (Wildman–Crippen LogP) is 8.81. The van der Waals surface area contributed by atoms with Crippen LogP contribution in [-0.2, 0) is 6.42 Å². The van der Waals surface area contributed by atoms with E-state index < -0.39 is 0 Å². The molecule has 0 unspecified atom stereocenters. The Morgan fingerprint density at radius 1 is 0.759 bits per heavy atom. The van der Waals surface area contributed by atoms with Gasteiger partial charge in [-0.2, -0.15) is 0 Å². The Kier molecular flexibility index (Phi) is 11.0. The van der Waals surface area contributed by atoms with Crippen LogP contribution in [0.5, 0.6) is 0 Å². The average molecular weight is 407 g/mol. The molecule has 2 aromatic rings. The first-order chi connectivity index (χ1) is 14.1. The van der Waals surface area contributed by atoms with Gasteiger partial charge in [-0.3, -0.25) is 0 Å². The van der Waals surface area contributed by atoms with E-state index in [1.807, 2.05) is 18.2 Å². The molecule has 0 fully saturated rings. The van der Waals surface area contributed by atoms with Crippen LogP contribution in [0.1, 0.15) is 92.5 Å². The third-order valence-electron chi connectivity index (χ3n) is 5.96. The van der Waals surface area contributed by atoms with Gasteiger partial charge in [0.2, 0.25) is 0 Å². The molecule has 0 aromatic heterocycles. The maximum absolute atomic E-state index is 5.56. The van der Waals surface area contributed by atoms with Crippen LogP contribution in [-0.4, -0.2) is 4.86 Å². The van der Waals surface area contributed by atoms with Crippen LogP contribution in [0.3, 0.4) is 0 Å². The topological polar surface area (TPSA) is 0 Å². The molecule has 0 bridgehead atoms. The van der Waals surface area contributed by atoms with Gasteiger partial charge < -0.3 is 0 Å². The van der Waals surface area contributed by atoms with Crippen molar-refractivity contribution in [2.45, 2.75) is 85.0 Å². The van der Waals surface area contributed by atoms with Crippen molar-refractivity contribution in [3.05, 3.63) is 76.4 Å². The molecule has 2 aromatic carbocycles. The highest BCUT2D eigenvalue weighted by Gasteiger charge is 2.05. The summed E-state index contributed by atoms with van der Waals surface area (Å²) >= 11 is 5.56. The predicted molar refractivity (Wildman–Crippen MR) is 134 cm³/mol. The van der Waals surface area contributed by atoms with Gasteiger partial charge in [0.25, 0.3) is 0 Å². The van der Waals surface area contributed by atoms with Gasteiger partial charge in [-0.25, -0.2) is 0 Å². The Hall–Kier alpha value is -1.73. The van der Waals surface area contributed by atoms with Crippen LogP contribution < -0.4 is 0 Å². The molecule has 2 rings (SSSR count).